The molecule has 0 bridgehead atoms. The number of hydrogen-bond acceptors (Lipinski definition) is 4. The molecule has 0 radical (unpaired) electrons. The van der Waals surface area contributed by atoms with Crippen LogP contribution in [0.1, 0.15) is 24.6 Å². The number of pyridine rings is 2. The Kier molecular flexibility index (Phi) is 6.12. The Morgan fingerprint density at radius 1 is 1.14 bits per heavy atom. The molecule has 0 unspecified atom stereocenters. The van der Waals surface area contributed by atoms with Gasteiger partial charge >= 0.3 is 0 Å². The number of halogens is 2. The van der Waals surface area contributed by atoms with E-state index in [1.807, 2.05) is 18.2 Å². The van der Waals surface area contributed by atoms with E-state index in [0.29, 0.717) is 23.3 Å². The summed E-state index contributed by atoms with van der Waals surface area (Å²) in [6.45, 7) is 11.4. The first-order valence-electron chi connectivity index (χ1n) is 9.30. The first kappa shape index (κ1) is 20.3. The third kappa shape index (κ3) is 4.37. The average molecular weight is 392 g/mol. The normalized spacial score (nSPS) is 10.7. The summed E-state index contributed by atoms with van der Waals surface area (Å²) in [6, 6.07) is 8.81. The molecule has 1 aromatic carbocycles. The highest BCUT2D eigenvalue weighted by atomic mass is 19.2. The Hall–Kier alpha value is -3.41. The van der Waals surface area contributed by atoms with Gasteiger partial charge in [-0.05, 0) is 42.8 Å². The van der Waals surface area contributed by atoms with Crippen LogP contribution in [0.4, 0.5) is 14.5 Å². The van der Waals surface area contributed by atoms with Crippen molar-refractivity contribution in [2.24, 2.45) is 0 Å². The maximum Gasteiger partial charge on any atom is 0.159 e. The van der Waals surface area contributed by atoms with Crippen molar-refractivity contribution in [3.05, 3.63) is 84.7 Å². The fourth-order valence-electron chi connectivity index (χ4n) is 3.04. The summed E-state index contributed by atoms with van der Waals surface area (Å²) in [5.74, 6) is -1.95. The number of benzene rings is 1. The van der Waals surface area contributed by atoms with Gasteiger partial charge in [0, 0.05) is 24.2 Å². The minimum absolute atomic E-state index is 0.0147. The predicted molar refractivity (Wildman–Crippen MR) is 114 cm³/mol. The highest BCUT2D eigenvalue weighted by molar-refractivity contribution is 6.29. The Labute approximate surface area is 168 Å². The van der Waals surface area contributed by atoms with Crippen LogP contribution in [0.15, 0.2) is 61.8 Å². The van der Waals surface area contributed by atoms with Crippen molar-refractivity contribution < 1.29 is 8.78 Å². The van der Waals surface area contributed by atoms with Gasteiger partial charge in [0.2, 0.25) is 0 Å². The van der Waals surface area contributed by atoms with Crippen molar-refractivity contribution in [2.45, 2.75) is 13.3 Å². The van der Waals surface area contributed by atoms with E-state index in [9.17, 15) is 8.78 Å². The zero-order valence-electron chi connectivity index (χ0n) is 16.3. The standard InChI is InChI=1S/C23H22F2N4/c1-4-10-29(11-5-2)17-13-22-21(27-14-17)9-8-20(28-22)15(3)23(26)16-6-7-18(24)19(25)12-16/h4,6-9,12-14,26H,1,3,5,10-11H2,2H3. The van der Waals surface area contributed by atoms with Crippen molar-refractivity contribution in [1.82, 2.24) is 9.97 Å². The third-order valence-electron chi connectivity index (χ3n) is 4.55. The molecule has 6 heteroatoms. The number of hydrogen-bond donors (Lipinski definition) is 1. The van der Waals surface area contributed by atoms with Gasteiger partial charge < -0.3 is 4.90 Å². The van der Waals surface area contributed by atoms with Crippen molar-refractivity contribution in [3.63, 3.8) is 0 Å². The molecule has 0 amide bonds. The minimum Gasteiger partial charge on any atom is -0.367 e. The van der Waals surface area contributed by atoms with Crippen LogP contribution in [0, 0.1) is 17.0 Å². The lowest BCUT2D eigenvalue weighted by molar-refractivity contribution is 0.508. The van der Waals surface area contributed by atoms with Gasteiger partial charge in [-0.3, -0.25) is 10.4 Å². The van der Waals surface area contributed by atoms with E-state index in [4.69, 9.17) is 5.41 Å². The number of aromatic nitrogens is 2. The van der Waals surface area contributed by atoms with E-state index >= 15 is 0 Å². The lowest BCUT2D eigenvalue weighted by Gasteiger charge is -2.22. The second-order valence-corrected chi connectivity index (χ2v) is 6.65. The molecule has 0 aliphatic heterocycles. The molecular formula is C23H22F2N4. The Balaban J connectivity index is 1.94. The Bertz CT molecular complexity index is 1090. The lowest BCUT2D eigenvalue weighted by Crippen LogP contribution is -2.24. The maximum absolute atomic E-state index is 13.5. The van der Waals surface area contributed by atoms with Crippen LogP contribution in [0.25, 0.3) is 16.6 Å². The van der Waals surface area contributed by atoms with Gasteiger partial charge in [0.15, 0.2) is 11.6 Å². The first-order valence-corrected chi connectivity index (χ1v) is 9.30. The average Bonchev–Trinajstić information content (AvgIpc) is 2.73. The molecule has 0 aliphatic carbocycles. The number of nitrogens with zero attached hydrogens (tertiary/aromatic N) is 3. The Morgan fingerprint density at radius 2 is 1.93 bits per heavy atom. The van der Waals surface area contributed by atoms with Crippen LogP contribution in [-0.2, 0) is 0 Å². The van der Waals surface area contributed by atoms with E-state index in [0.717, 1.165) is 36.3 Å². The van der Waals surface area contributed by atoms with Gasteiger partial charge in [0.25, 0.3) is 0 Å². The molecule has 0 atom stereocenters. The van der Waals surface area contributed by atoms with E-state index in [1.165, 1.54) is 6.07 Å². The van der Waals surface area contributed by atoms with Crippen molar-refractivity contribution in [1.29, 1.82) is 5.41 Å². The molecule has 0 fully saturated rings. The molecule has 0 saturated heterocycles. The summed E-state index contributed by atoms with van der Waals surface area (Å²) in [5, 5.41) is 8.30. The van der Waals surface area contributed by atoms with E-state index < -0.39 is 11.6 Å². The maximum atomic E-state index is 13.5. The second kappa shape index (κ2) is 8.73. The fraction of sp³-hybridized carbons (Fsp3) is 0.174. The van der Waals surface area contributed by atoms with Gasteiger partial charge in [0.05, 0.1) is 34.3 Å². The van der Waals surface area contributed by atoms with Gasteiger partial charge in [-0.15, -0.1) is 6.58 Å². The van der Waals surface area contributed by atoms with E-state index in [1.54, 1.807) is 12.3 Å². The minimum atomic E-state index is -1.00. The van der Waals surface area contributed by atoms with Gasteiger partial charge in [0.1, 0.15) is 0 Å². The predicted octanol–water partition coefficient (Wildman–Crippen LogP) is 5.39. The molecule has 3 rings (SSSR count). The molecule has 4 nitrogen and oxygen atoms in total. The molecular weight excluding hydrogens is 370 g/mol. The molecule has 0 saturated carbocycles. The zero-order chi connectivity index (χ0) is 21.0. The molecule has 2 aromatic heterocycles. The van der Waals surface area contributed by atoms with E-state index in [-0.39, 0.29) is 11.3 Å². The van der Waals surface area contributed by atoms with Crippen molar-refractivity contribution in [2.75, 3.05) is 18.0 Å². The SMILES string of the molecule is C=CCN(CCC)c1cnc2ccc(C(=C)C(=N)c3ccc(F)c(F)c3)nc2c1. The van der Waals surface area contributed by atoms with Crippen LogP contribution >= 0.6 is 0 Å². The first-order chi connectivity index (χ1) is 13.9. The number of allylic oxidation sites excluding steroid dienone is 1. The quantitative estimate of drug-likeness (QED) is 0.413. The molecule has 2 heterocycles. The van der Waals surface area contributed by atoms with Crippen LogP contribution in [0.3, 0.4) is 0 Å². The smallest absolute Gasteiger partial charge is 0.159 e. The van der Waals surface area contributed by atoms with Gasteiger partial charge in [-0.2, -0.15) is 0 Å². The van der Waals surface area contributed by atoms with Gasteiger partial charge in [-0.1, -0.05) is 19.6 Å². The largest absolute Gasteiger partial charge is 0.367 e. The van der Waals surface area contributed by atoms with Crippen LogP contribution in [-0.4, -0.2) is 28.8 Å². The molecule has 3 aromatic rings. The zero-order valence-corrected chi connectivity index (χ0v) is 16.3. The summed E-state index contributed by atoms with van der Waals surface area (Å²) in [7, 11) is 0. The summed E-state index contributed by atoms with van der Waals surface area (Å²) in [5.41, 5.74) is 3.35. The number of fused-ring (bicyclic) bond motifs is 1. The second-order valence-electron chi connectivity index (χ2n) is 6.65. The number of anilines is 1. The van der Waals surface area contributed by atoms with Crippen LogP contribution < -0.4 is 4.90 Å². The van der Waals surface area contributed by atoms with Crippen LogP contribution in [0.5, 0.6) is 0 Å². The molecule has 1 N–H and O–H groups in total. The number of nitrogens with one attached hydrogen (secondary N) is 1. The molecule has 0 aliphatic rings. The number of rotatable bonds is 8. The summed E-state index contributed by atoms with van der Waals surface area (Å²) >= 11 is 0. The summed E-state index contributed by atoms with van der Waals surface area (Å²) in [6.07, 6.45) is 4.64. The van der Waals surface area contributed by atoms with Crippen molar-refractivity contribution in [3.8, 4) is 0 Å². The third-order valence-corrected chi connectivity index (χ3v) is 4.55. The summed E-state index contributed by atoms with van der Waals surface area (Å²) < 4.78 is 26.7. The monoisotopic (exact) mass is 392 g/mol. The lowest BCUT2D eigenvalue weighted by atomic mass is 10.0. The molecule has 148 valence electrons. The molecule has 0 spiro atoms. The molecule has 29 heavy (non-hydrogen) atoms. The van der Waals surface area contributed by atoms with Gasteiger partial charge in [-0.25, -0.2) is 13.8 Å². The topological polar surface area (TPSA) is 52.9 Å². The van der Waals surface area contributed by atoms with E-state index in [2.05, 4.69) is 34.9 Å². The van der Waals surface area contributed by atoms with Crippen LogP contribution in [0.2, 0.25) is 0 Å². The Morgan fingerprint density at radius 3 is 2.62 bits per heavy atom. The summed E-state index contributed by atoms with van der Waals surface area (Å²) in [4.78, 5) is 11.2. The highest BCUT2D eigenvalue weighted by Gasteiger charge is 2.14. The highest BCUT2D eigenvalue weighted by Crippen LogP contribution is 2.23. The van der Waals surface area contributed by atoms with Crippen molar-refractivity contribution >= 4 is 28.0 Å². The fourth-order valence-corrected chi connectivity index (χ4v) is 3.04.